The van der Waals surface area contributed by atoms with Crippen LogP contribution < -0.4 is 9.47 Å². The van der Waals surface area contributed by atoms with Gasteiger partial charge in [-0.1, -0.05) is 17.7 Å². The van der Waals surface area contributed by atoms with Gasteiger partial charge >= 0.3 is 0 Å². The Hall–Kier alpha value is -2.62. The molecule has 1 atom stereocenters. The van der Waals surface area contributed by atoms with E-state index >= 15 is 0 Å². The Balaban J connectivity index is 1.87. The minimum Gasteiger partial charge on any atom is -0.508 e. The third-order valence-electron chi connectivity index (χ3n) is 4.58. The number of phenolic OH excluding ortho intramolecular Hbond substituents is 2. The first kappa shape index (κ1) is 17.2. The summed E-state index contributed by atoms with van der Waals surface area (Å²) in [7, 11) is 1.58. The Kier molecular flexibility index (Phi) is 4.88. The van der Waals surface area contributed by atoms with E-state index in [-0.39, 0.29) is 17.4 Å². The van der Waals surface area contributed by atoms with Crippen molar-refractivity contribution in [1.29, 1.82) is 0 Å². The molecule has 2 aromatic rings. The molecule has 2 N–H and O–H groups in total. The summed E-state index contributed by atoms with van der Waals surface area (Å²) in [5.74, 6) is 1.91. The molecule has 2 aromatic carbocycles. The number of phenols is 2. The number of ether oxygens (including phenoxy) is 2. The lowest BCUT2D eigenvalue weighted by Crippen LogP contribution is -2.19. The number of fused-ring (bicyclic) bond motifs is 1. The molecule has 0 unspecified atom stereocenters. The molecule has 4 nitrogen and oxygen atoms in total. The number of hydrogen-bond acceptors (Lipinski definition) is 4. The summed E-state index contributed by atoms with van der Waals surface area (Å²) in [5, 5.41) is 20.5. The predicted molar refractivity (Wildman–Crippen MR) is 97.8 cm³/mol. The smallest absolute Gasteiger partial charge is 0.126 e. The lowest BCUT2D eigenvalue weighted by molar-refractivity contribution is 0.258. The van der Waals surface area contributed by atoms with E-state index in [1.165, 1.54) is 5.57 Å². The van der Waals surface area contributed by atoms with E-state index in [2.05, 4.69) is 6.08 Å². The standard InChI is InChI=1S/C21H24O4/c1-13(2)4-5-14-8-15-9-16(12-25-21(15)11-19(14)22)18-7-6-17(24-3)10-20(18)23/h4,6-8,10-11,16,22-23H,5,9,12H2,1-3H3/t16-/m0/s1. The molecule has 0 bridgehead atoms. The Bertz CT molecular complexity index is 804. The second kappa shape index (κ2) is 7.09. The van der Waals surface area contributed by atoms with Crippen LogP contribution in [0.5, 0.6) is 23.0 Å². The highest BCUT2D eigenvalue weighted by molar-refractivity contribution is 5.50. The van der Waals surface area contributed by atoms with Gasteiger partial charge in [-0.25, -0.2) is 0 Å². The van der Waals surface area contributed by atoms with Crippen molar-refractivity contribution < 1.29 is 19.7 Å². The number of aromatic hydroxyl groups is 2. The normalized spacial score (nSPS) is 15.9. The molecule has 0 spiro atoms. The number of rotatable bonds is 4. The number of allylic oxidation sites excluding steroid dienone is 2. The summed E-state index contributed by atoms with van der Waals surface area (Å²) in [6.07, 6.45) is 3.55. The van der Waals surface area contributed by atoms with Crippen LogP contribution in [0.15, 0.2) is 42.0 Å². The highest BCUT2D eigenvalue weighted by Crippen LogP contribution is 2.39. The zero-order chi connectivity index (χ0) is 18.0. The summed E-state index contributed by atoms with van der Waals surface area (Å²) >= 11 is 0. The van der Waals surface area contributed by atoms with Crippen LogP contribution >= 0.6 is 0 Å². The average molecular weight is 340 g/mol. The highest BCUT2D eigenvalue weighted by Gasteiger charge is 2.25. The molecule has 0 aromatic heterocycles. The first-order valence-corrected chi connectivity index (χ1v) is 8.45. The maximum atomic E-state index is 10.3. The molecule has 0 fully saturated rings. The van der Waals surface area contributed by atoms with Crippen molar-refractivity contribution in [2.75, 3.05) is 13.7 Å². The number of methoxy groups -OCH3 is 1. The molecular formula is C21H24O4. The van der Waals surface area contributed by atoms with Crippen LogP contribution in [0.25, 0.3) is 0 Å². The van der Waals surface area contributed by atoms with Gasteiger partial charge in [0.2, 0.25) is 0 Å². The van der Waals surface area contributed by atoms with Crippen molar-refractivity contribution >= 4 is 0 Å². The van der Waals surface area contributed by atoms with Gasteiger partial charge in [0.1, 0.15) is 23.0 Å². The van der Waals surface area contributed by atoms with Gasteiger partial charge in [-0.3, -0.25) is 0 Å². The van der Waals surface area contributed by atoms with E-state index in [0.29, 0.717) is 18.8 Å². The van der Waals surface area contributed by atoms with Crippen molar-refractivity contribution in [3.05, 3.63) is 58.7 Å². The molecule has 25 heavy (non-hydrogen) atoms. The Labute approximate surface area is 148 Å². The maximum Gasteiger partial charge on any atom is 0.126 e. The quantitative estimate of drug-likeness (QED) is 0.813. The summed E-state index contributed by atoms with van der Waals surface area (Å²) in [5.41, 5.74) is 4.02. The Morgan fingerprint density at radius 3 is 2.68 bits per heavy atom. The third-order valence-corrected chi connectivity index (χ3v) is 4.58. The summed E-state index contributed by atoms with van der Waals surface area (Å²) < 4.78 is 11.0. The van der Waals surface area contributed by atoms with Crippen LogP contribution in [0.1, 0.15) is 36.5 Å². The summed E-state index contributed by atoms with van der Waals surface area (Å²) in [6.45, 7) is 4.56. The molecule has 0 aliphatic carbocycles. The first-order chi connectivity index (χ1) is 12.0. The molecule has 1 aliphatic rings. The largest absolute Gasteiger partial charge is 0.508 e. The molecule has 4 heteroatoms. The lowest BCUT2D eigenvalue weighted by Gasteiger charge is -2.27. The second-order valence-corrected chi connectivity index (χ2v) is 6.71. The van der Waals surface area contributed by atoms with Crippen molar-refractivity contribution in [2.45, 2.75) is 32.6 Å². The van der Waals surface area contributed by atoms with Crippen LogP contribution in [-0.4, -0.2) is 23.9 Å². The van der Waals surface area contributed by atoms with Gasteiger partial charge in [0.25, 0.3) is 0 Å². The van der Waals surface area contributed by atoms with Crippen LogP contribution in [0, 0.1) is 0 Å². The van der Waals surface area contributed by atoms with Crippen LogP contribution in [0.2, 0.25) is 0 Å². The molecule has 1 aliphatic heterocycles. The van der Waals surface area contributed by atoms with Crippen molar-refractivity contribution in [1.82, 2.24) is 0 Å². The average Bonchev–Trinajstić information content (AvgIpc) is 2.59. The maximum absolute atomic E-state index is 10.3. The van der Waals surface area contributed by atoms with Crippen LogP contribution in [0.3, 0.4) is 0 Å². The topological polar surface area (TPSA) is 58.9 Å². The Morgan fingerprint density at radius 1 is 1.20 bits per heavy atom. The van der Waals surface area contributed by atoms with Gasteiger partial charge in [-0.2, -0.15) is 0 Å². The molecule has 132 valence electrons. The number of hydrogen-bond donors (Lipinski definition) is 2. The fourth-order valence-electron chi connectivity index (χ4n) is 3.15. The van der Waals surface area contributed by atoms with E-state index in [0.717, 1.165) is 28.9 Å². The minimum absolute atomic E-state index is 0.0688. The van der Waals surface area contributed by atoms with Gasteiger partial charge in [-0.15, -0.1) is 0 Å². The fourth-order valence-corrected chi connectivity index (χ4v) is 3.15. The third kappa shape index (κ3) is 3.73. The van der Waals surface area contributed by atoms with E-state index in [1.54, 1.807) is 19.2 Å². The Morgan fingerprint density at radius 2 is 2.00 bits per heavy atom. The van der Waals surface area contributed by atoms with E-state index in [9.17, 15) is 10.2 Å². The van der Waals surface area contributed by atoms with Gasteiger partial charge in [0.15, 0.2) is 0 Å². The monoisotopic (exact) mass is 340 g/mol. The SMILES string of the molecule is COc1ccc([C@@H]2COc3cc(O)c(CC=C(C)C)cc3C2)c(O)c1. The van der Waals surface area contributed by atoms with Crippen molar-refractivity contribution in [3.8, 4) is 23.0 Å². The van der Waals surface area contributed by atoms with Crippen molar-refractivity contribution in [2.24, 2.45) is 0 Å². The van der Waals surface area contributed by atoms with Gasteiger partial charge in [-0.05, 0) is 49.9 Å². The first-order valence-electron chi connectivity index (χ1n) is 8.45. The molecule has 1 heterocycles. The van der Waals surface area contributed by atoms with Gasteiger partial charge in [0.05, 0.1) is 13.7 Å². The van der Waals surface area contributed by atoms with Gasteiger partial charge in [0, 0.05) is 23.6 Å². The molecule has 0 amide bonds. The number of benzene rings is 2. The lowest BCUT2D eigenvalue weighted by atomic mass is 9.88. The summed E-state index contributed by atoms with van der Waals surface area (Å²) in [6, 6.07) is 9.08. The summed E-state index contributed by atoms with van der Waals surface area (Å²) in [4.78, 5) is 0. The second-order valence-electron chi connectivity index (χ2n) is 6.71. The molecule has 3 rings (SSSR count). The predicted octanol–water partition coefficient (Wildman–Crippen LogP) is 4.33. The zero-order valence-electron chi connectivity index (χ0n) is 14.9. The molecule has 0 radical (unpaired) electrons. The van der Waals surface area contributed by atoms with Crippen LogP contribution in [-0.2, 0) is 12.8 Å². The van der Waals surface area contributed by atoms with E-state index in [1.807, 2.05) is 32.0 Å². The fraction of sp³-hybridized carbons (Fsp3) is 0.333. The zero-order valence-corrected chi connectivity index (χ0v) is 14.9. The van der Waals surface area contributed by atoms with E-state index < -0.39 is 0 Å². The van der Waals surface area contributed by atoms with E-state index in [4.69, 9.17) is 9.47 Å². The molecule has 0 saturated carbocycles. The molecule has 0 saturated heterocycles. The van der Waals surface area contributed by atoms with Crippen LogP contribution in [0.4, 0.5) is 0 Å². The minimum atomic E-state index is 0.0688. The van der Waals surface area contributed by atoms with Crippen molar-refractivity contribution in [3.63, 3.8) is 0 Å². The highest BCUT2D eigenvalue weighted by atomic mass is 16.5. The van der Waals surface area contributed by atoms with Gasteiger partial charge < -0.3 is 19.7 Å². The molecular weight excluding hydrogens is 316 g/mol.